The summed E-state index contributed by atoms with van der Waals surface area (Å²) in [5.41, 5.74) is 3.50. The van der Waals surface area contributed by atoms with Gasteiger partial charge in [-0.3, -0.25) is 4.98 Å². The molecule has 0 amide bonds. The van der Waals surface area contributed by atoms with Crippen LogP contribution in [0.2, 0.25) is 0 Å². The third kappa shape index (κ3) is 4.20. The smallest absolute Gasteiger partial charge is 0.183 e. The Kier molecular flexibility index (Phi) is 5.58. The van der Waals surface area contributed by atoms with Crippen molar-refractivity contribution >= 4 is 0 Å². The molecule has 1 N–H and O–H groups in total. The Hall–Kier alpha value is -2.07. The highest BCUT2D eigenvalue weighted by Crippen LogP contribution is 2.28. The lowest BCUT2D eigenvalue weighted by Crippen LogP contribution is -2.18. The topological polar surface area (TPSA) is 43.4 Å². The van der Waals surface area contributed by atoms with Gasteiger partial charge in [0.2, 0.25) is 0 Å². The molecule has 2 rings (SSSR count). The Labute approximate surface area is 126 Å². The van der Waals surface area contributed by atoms with Crippen LogP contribution < -0.4 is 14.8 Å². The van der Waals surface area contributed by atoms with Crippen LogP contribution in [0.3, 0.4) is 0 Å². The van der Waals surface area contributed by atoms with Gasteiger partial charge >= 0.3 is 0 Å². The number of ether oxygens (including phenoxy) is 2. The number of aryl methyl sites for hydroxylation is 1. The second-order valence-corrected chi connectivity index (χ2v) is 4.91. The molecule has 0 spiro atoms. The molecule has 0 aliphatic rings. The van der Waals surface area contributed by atoms with Gasteiger partial charge in [-0.1, -0.05) is 29.8 Å². The number of nitrogens with one attached hydrogen (secondary N) is 1. The van der Waals surface area contributed by atoms with Crippen molar-refractivity contribution in [2.75, 3.05) is 20.8 Å². The maximum Gasteiger partial charge on any atom is 0.183 e. The monoisotopic (exact) mass is 286 g/mol. The highest BCUT2D eigenvalue weighted by atomic mass is 16.5. The third-order valence-corrected chi connectivity index (χ3v) is 3.33. The zero-order valence-electron chi connectivity index (χ0n) is 12.8. The average Bonchev–Trinajstić information content (AvgIpc) is 2.51. The van der Waals surface area contributed by atoms with E-state index in [1.54, 1.807) is 26.5 Å². The highest BCUT2D eigenvalue weighted by molar-refractivity contribution is 5.42. The van der Waals surface area contributed by atoms with Gasteiger partial charge in [0.15, 0.2) is 11.5 Å². The Bertz CT molecular complexity index is 585. The van der Waals surface area contributed by atoms with Gasteiger partial charge in [0, 0.05) is 18.8 Å². The lowest BCUT2D eigenvalue weighted by atomic mass is 10.1. The largest absolute Gasteiger partial charge is 0.493 e. The van der Waals surface area contributed by atoms with Crippen LogP contribution in [0.15, 0.2) is 36.5 Å². The van der Waals surface area contributed by atoms with Gasteiger partial charge in [-0.05, 0) is 25.5 Å². The van der Waals surface area contributed by atoms with Crippen LogP contribution in [0.5, 0.6) is 11.5 Å². The zero-order chi connectivity index (χ0) is 15.1. The van der Waals surface area contributed by atoms with Crippen LogP contribution in [-0.4, -0.2) is 25.7 Å². The number of pyridine rings is 1. The van der Waals surface area contributed by atoms with E-state index in [0.717, 1.165) is 18.7 Å². The Morgan fingerprint density at radius 2 is 2.00 bits per heavy atom. The standard InChI is InChI=1S/C17H22N2O2/c1-13-5-4-6-14(11-13)7-9-18-12-15-17(21-3)16(20-2)8-10-19-15/h4-6,8,10-11,18H,7,9,12H2,1-3H3. The number of hydrogen-bond acceptors (Lipinski definition) is 4. The number of hydrogen-bond donors (Lipinski definition) is 1. The Morgan fingerprint density at radius 1 is 1.14 bits per heavy atom. The van der Waals surface area contributed by atoms with Crippen LogP contribution in [0.1, 0.15) is 16.8 Å². The number of rotatable bonds is 7. The molecule has 4 nitrogen and oxygen atoms in total. The first kappa shape index (κ1) is 15.3. The first-order chi connectivity index (χ1) is 10.2. The minimum atomic E-state index is 0.659. The van der Waals surface area contributed by atoms with E-state index < -0.39 is 0 Å². The fourth-order valence-corrected chi connectivity index (χ4v) is 2.28. The molecule has 0 aliphatic heterocycles. The first-order valence-electron chi connectivity index (χ1n) is 7.06. The van der Waals surface area contributed by atoms with Gasteiger partial charge in [0.1, 0.15) is 0 Å². The zero-order valence-corrected chi connectivity index (χ0v) is 12.8. The van der Waals surface area contributed by atoms with Crippen LogP contribution >= 0.6 is 0 Å². The Morgan fingerprint density at radius 3 is 2.71 bits per heavy atom. The third-order valence-electron chi connectivity index (χ3n) is 3.33. The maximum atomic E-state index is 5.37. The van der Waals surface area contributed by atoms with Crippen molar-refractivity contribution in [1.82, 2.24) is 10.3 Å². The molecule has 0 saturated heterocycles. The summed E-state index contributed by atoms with van der Waals surface area (Å²) in [5.74, 6) is 1.41. The molecule has 0 saturated carbocycles. The number of methoxy groups -OCH3 is 2. The highest BCUT2D eigenvalue weighted by Gasteiger charge is 2.10. The normalized spacial score (nSPS) is 10.4. The van der Waals surface area contributed by atoms with Crippen molar-refractivity contribution in [3.63, 3.8) is 0 Å². The SMILES string of the molecule is COc1ccnc(CNCCc2cccc(C)c2)c1OC. The molecule has 0 unspecified atom stereocenters. The van der Waals surface area contributed by atoms with E-state index in [4.69, 9.17) is 9.47 Å². The van der Waals surface area contributed by atoms with Gasteiger partial charge in [0.05, 0.1) is 19.9 Å². The Balaban J connectivity index is 1.89. The van der Waals surface area contributed by atoms with E-state index in [9.17, 15) is 0 Å². The van der Waals surface area contributed by atoms with Crippen LogP contribution in [0.4, 0.5) is 0 Å². The van der Waals surface area contributed by atoms with E-state index in [1.165, 1.54) is 11.1 Å². The lowest BCUT2D eigenvalue weighted by Gasteiger charge is -2.12. The lowest BCUT2D eigenvalue weighted by molar-refractivity contribution is 0.348. The summed E-state index contributed by atoms with van der Waals surface area (Å²) >= 11 is 0. The van der Waals surface area contributed by atoms with Crippen molar-refractivity contribution in [2.45, 2.75) is 19.9 Å². The molecule has 0 fully saturated rings. The van der Waals surface area contributed by atoms with Crippen molar-refractivity contribution in [3.8, 4) is 11.5 Å². The van der Waals surface area contributed by atoms with Crippen molar-refractivity contribution < 1.29 is 9.47 Å². The summed E-state index contributed by atoms with van der Waals surface area (Å²) in [7, 11) is 3.27. The van der Waals surface area contributed by atoms with Crippen molar-refractivity contribution in [3.05, 3.63) is 53.3 Å². The molecule has 1 aromatic carbocycles. The average molecular weight is 286 g/mol. The molecule has 0 radical (unpaired) electrons. The van der Waals surface area contributed by atoms with E-state index in [0.29, 0.717) is 18.0 Å². The number of benzene rings is 1. The minimum absolute atomic E-state index is 0.659. The summed E-state index contributed by atoms with van der Waals surface area (Å²) in [6, 6.07) is 10.4. The molecule has 1 aromatic heterocycles. The summed E-state index contributed by atoms with van der Waals surface area (Å²) < 4.78 is 10.6. The molecule has 0 aliphatic carbocycles. The molecule has 4 heteroatoms. The number of aromatic nitrogens is 1. The minimum Gasteiger partial charge on any atom is -0.493 e. The number of nitrogens with zero attached hydrogens (tertiary/aromatic N) is 1. The van der Waals surface area contributed by atoms with Gasteiger partial charge in [-0.2, -0.15) is 0 Å². The summed E-state index contributed by atoms with van der Waals surface area (Å²) in [6.07, 6.45) is 2.73. The molecule has 112 valence electrons. The van der Waals surface area contributed by atoms with Crippen LogP contribution in [0.25, 0.3) is 0 Å². The van der Waals surface area contributed by atoms with Gasteiger partial charge in [-0.25, -0.2) is 0 Å². The fraction of sp³-hybridized carbons (Fsp3) is 0.353. The summed E-state index contributed by atoms with van der Waals surface area (Å²) in [4.78, 5) is 4.35. The molecular weight excluding hydrogens is 264 g/mol. The van der Waals surface area contributed by atoms with E-state index in [2.05, 4.69) is 41.5 Å². The molecule has 2 aromatic rings. The summed E-state index contributed by atoms with van der Waals surface area (Å²) in [6.45, 7) is 3.67. The molecule has 0 bridgehead atoms. The fourth-order valence-electron chi connectivity index (χ4n) is 2.28. The van der Waals surface area contributed by atoms with Crippen LogP contribution in [-0.2, 0) is 13.0 Å². The molecule has 0 atom stereocenters. The predicted molar refractivity (Wildman–Crippen MR) is 83.9 cm³/mol. The molecule has 1 heterocycles. The summed E-state index contributed by atoms with van der Waals surface area (Å²) in [5, 5.41) is 3.40. The predicted octanol–water partition coefficient (Wildman–Crippen LogP) is 2.74. The van der Waals surface area contributed by atoms with Gasteiger partial charge in [-0.15, -0.1) is 0 Å². The second kappa shape index (κ2) is 7.64. The van der Waals surface area contributed by atoms with E-state index in [1.807, 2.05) is 0 Å². The second-order valence-electron chi connectivity index (χ2n) is 4.91. The van der Waals surface area contributed by atoms with Gasteiger partial charge < -0.3 is 14.8 Å². The van der Waals surface area contributed by atoms with Crippen molar-refractivity contribution in [1.29, 1.82) is 0 Å². The quantitative estimate of drug-likeness (QED) is 0.795. The maximum absolute atomic E-state index is 5.37. The van der Waals surface area contributed by atoms with E-state index in [-0.39, 0.29) is 0 Å². The van der Waals surface area contributed by atoms with Gasteiger partial charge in [0.25, 0.3) is 0 Å². The molecule has 21 heavy (non-hydrogen) atoms. The van der Waals surface area contributed by atoms with Crippen molar-refractivity contribution in [2.24, 2.45) is 0 Å². The first-order valence-corrected chi connectivity index (χ1v) is 7.06. The van der Waals surface area contributed by atoms with E-state index >= 15 is 0 Å². The molecular formula is C17H22N2O2. The van der Waals surface area contributed by atoms with Crippen LogP contribution in [0, 0.1) is 6.92 Å².